The lowest BCUT2D eigenvalue weighted by Gasteiger charge is -2.11. The number of ether oxygens (including phenoxy) is 1. The highest BCUT2D eigenvalue weighted by molar-refractivity contribution is 7.99. The van der Waals surface area contributed by atoms with Gasteiger partial charge < -0.3 is 9.30 Å². The van der Waals surface area contributed by atoms with E-state index in [1.54, 1.807) is 35.1 Å². The van der Waals surface area contributed by atoms with Crippen molar-refractivity contribution >= 4 is 23.3 Å². The van der Waals surface area contributed by atoms with Crippen molar-refractivity contribution in [3.8, 4) is 11.4 Å². The molecule has 4 aromatic rings. The van der Waals surface area contributed by atoms with Gasteiger partial charge >= 0.3 is 6.61 Å². The highest BCUT2D eigenvalue weighted by Crippen LogP contribution is 2.25. The first-order valence-electron chi connectivity index (χ1n) is 9.00. The molecule has 7 nitrogen and oxygen atoms in total. The average Bonchev–Trinajstić information content (AvgIpc) is 3.26. The quantitative estimate of drug-likeness (QED) is 0.325. The Labute approximate surface area is 174 Å². The maximum absolute atomic E-state index is 12.8. The molecule has 10 heteroatoms. The molecule has 0 amide bonds. The van der Waals surface area contributed by atoms with E-state index < -0.39 is 6.61 Å². The Morgan fingerprint density at radius 3 is 2.70 bits per heavy atom. The SMILES string of the molecule is Cc1cc(C(=O)CSc2nc3ncccn3n2)c(C)n1-c1ccc(OC(F)F)cc1. The molecule has 0 spiro atoms. The Kier molecular flexibility index (Phi) is 5.49. The number of hydrogen-bond acceptors (Lipinski definition) is 6. The molecule has 0 aliphatic heterocycles. The number of hydrogen-bond donors (Lipinski definition) is 0. The number of benzene rings is 1. The van der Waals surface area contributed by atoms with Gasteiger partial charge in [0.05, 0.1) is 5.75 Å². The monoisotopic (exact) mass is 429 g/mol. The van der Waals surface area contributed by atoms with E-state index in [2.05, 4.69) is 19.8 Å². The van der Waals surface area contributed by atoms with Gasteiger partial charge in [0.1, 0.15) is 5.75 Å². The first-order valence-corrected chi connectivity index (χ1v) is 9.98. The molecule has 30 heavy (non-hydrogen) atoms. The predicted molar refractivity (Wildman–Crippen MR) is 108 cm³/mol. The summed E-state index contributed by atoms with van der Waals surface area (Å²) in [5, 5.41) is 4.76. The number of alkyl halides is 2. The van der Waals surface area contributed by atoms with Gasteiger partial charge in [-0.25, -0.2) is 9.50 Å². The normalized spacial score (nSPS) is 11.4. The van der Waals surface area contributed by atoms with Crippen LogP contribution in [0.3, 0.4) is 0 Å². The maximum Gasteiger partial charge on any atom is 0.387 e. The van der Waals surface area contributed by atoms with Crippen molar-refractivity contribution < 1.29 is 18.3 Å². The molecule has 0 radical (unpaired) electrons. The number of aromatic nitrogens is 5. The number of ketones is 1. The highest BCUT2D eigenvalue weighted by atomic mass is 32.2. The van der Waals surface area contributed by atoms with Gasteiger partial charge in [0.2, 0.25) is 5.16 Å². The molecule has 154 valence electrons. The Morgan fingerprint density at radius 2 is 2.00 bits per heavy atom. The minimum Gasteiger partial charge on any atom is -0.435 e. The van der Waals surface area contributed by atoms with Crippen molar-refractivity contribution in [1.82, 2.24) is 24.1 Å². The van der Waals surface area contributed by atoms with Crippen molar-refractivity contribution in [2.75, 3.05) is 5.75 Å². The topological polar surface area (TPSA) is 74.3 Å². The van der Waals surface area contributed by atoms with Crippen molar-refractivity contribution in [2.24, 2.45) is 0 Å². The highest BCUT2D eigenvalue weighted by Gasteiger charge is 2.18. The minimum absolute atomic E-state index is 0.0520. The largest absolute Gasteiger partial charge is 0.435 e. The molecule has 0 bridgehead atoms. The van der Waals surface area contributed by atoms with Crippen molar-refractivity contribution in [1.29, 1.82) is 0 Å². The van der Waals surface area contributed by atoms with Gasteiger partial charge in [-0.05, 0) is 50.2 Å². The fourth-order valence-electron chi connectivity index (χ4n) is 3.20. The Morgan fingerprint density at radius 1 is 1.23 bits per heavy atom. The Balaban J connectivity index is 1.51. The number of carbonyl (C=O) groups is 1. The molecule has 3 aromatic heterocycles. The smallest absolute Gasteiger partial charge is 0.387 e. The van der Waals surface area contributed by atoms with Gasteiger partial charge in [-0.1, -0.05) is 11.8 Å². The van der Waals surface area contributed by atoms with Gasteiger partial charge in [-0.2, -0.15) is 13.8 Å². The molecule has 0 N–H and O–H groups in total. The Bertz CT molecular complexity index is 1170. The van der Waals surface area contributed by atoms with Crippen LogP contribution in [0.1, 0.15) is 21.7 Å². The van der Waals surface area contributed by atoms with E-state index in [0.717, 1.165) is 17.1 Å². The summed E-state index contributed by atoms with van der Waals surface area (Å²) < 4.78 is 32.5. The van der Waals surface area contributed by atoms with Crippen molar-refractivity contribution in [3.05, 3.63) is 65.7 Å². The van der Waals surface area contributed by atoms with Crippen LogP contribution in [0.5, 0.6) is 5.75 Å². The van der Waals surface area contributed by atoms with Gasteiger partial charge in [-0.3, -0.25) is 4.79 Å². The van der Waals surface area contributed by atoms with E-state index >= 15 is 0 Å². The van der Waals surface area contributed by atoms with Crippen molar-refractivity contribution in [2.45, 2.75) is 25.6 Å². The molecule has 0 unspecified atom stereocenters. The third kappa shape index (κ3) is 4.04. The number of carbonyl (C=O) groups excluding carboxylic acids is 1. The van der Waals surface area contributed by atoms with E-state index in [-0.39, 0.29) is 17.3 Å². The van der Waals surface area contributed by atoms with Crippen LogP contribution in [0.4, 0.5) is 8.78 Å². The molecule has 4 rings (SSSR count). The van der Waals surface area contributed by atoms with Gasteiger partial charge in [0.15, 0.2) is 5.78 Å². The van der Waals surface area contributed by atoms with Crippen LogP contribution in [0, 0.1) is 13.8 Å². The fraction of sp³-hybridized carbons (Fsp3) is 0.200. The summed E-state index contributed by atoms with van der Waals surface area (Å²) in [6.07, 6.45) is 3.37. The zero-order valence-corrected chi connectivity index (χ0v) is 16.9. The second-order valence-corrected chi connectivity index (χ2v) is 7.41. The zero-order chi connectivity index (χ0) is 21.3. The molecule has 0 atom stereocenters. The molecule has 0 aliphatic rings. The van der Waals surface area contributed by atoms with Gasteiger partial charge in [0.25, 0.3) is 5.78 Å². The second kappa shape index (κ2) is 8.23. The summed E-state index contributed by atoms with van der Waals surface area (Å²) in [6.45, 7) is 0.864. The van der Waals surface area contributed by atoms with Crippen LogP contribution >= 0.6 is 11.8 Å². The van der Waals surface area contributed by atoms with Crippen LogP contribution in [-0.2, 0) is 0 Å². The standard InChI is InChI=1S/C20H17F2N5O2S/c1-12-10-16(13(2)27(12)14-4-6-15(7-5-14)29-18(21)22)17(28)11-30-20-24-19-23-8-3-9-26(19)25-20/h3-10,18H,11H2,1-2H3. The third-order valence-electron chi connectivity index (χ3n) is 4.48. The first kappa shape index (κ1) is 20.0. The van der Waals surface area contributed by atoms with E-state index in [1.165, 1.54) is 23.9 Å². The number of nitrogens with zero attached hydrogens (tertiary/aromatic N) is 5. The lowest BCUT2D eigenvalue weighted by molar-refractivity contribution is -0.0498. The number of fused-ring (bicyclic) bond motifs is 1. The van der Waals surface area contributed by atoms with E-state index in [0.29, 0.717) is 16.5 Å². The molecule has 3 heterocycles. The summed E-state index contributed by atoms with van der Waals surface area (Å²) >= 11 is 1.25. The maximum atomic E-state index is 12.8. The summed E-state index contributed by atoms with van der Waals surface area (Å²) in [4.78, 5) is 21.2. The number of halogens is 2. The molecular weight excluding hydrogens is 412 g/mol. The average molecular weight is 429 g/mol. The van der Waals surface area contributed by atoms with E-state index in [9.17, 15) is 13.6 Å². The van der Waals surface area contributed by atoms with E-state index in [4.69, 9.17) is 0 Å². The fourth-order valence-corrected chi connectivity index (χ4v) is 3.91. The summed E-state index contributed by atoms with van der Waals surface area (Å²) in [5.41, 5.74) is 2.98. The molecule has 1 aromatic carbocycles. The zero-order valence-electron chi connectivity index (χ0n) is 16.1. The molecule has 0 saturated carbocycles. The van der Waals surface area contributed by atoms with Gasteiger partial charge in [0, 0.05) is 35.0 Å². The lowest BCUT2D eigenvalue weighted by atomic mass is 10.2. The predicted octanol–water partition coefficient (Wildman–Crippen LogP) is 4.11. The van der Waals surface area contributed by atoms with Crippen molar-refractivity contribution in [3.63, 3.8) is 0 Å². The van der Waals surface area contributed by atoms with Crippen LogP contribution in [0.2, 0.25) is 0 Å². The summed E-state index contributed by atoms with van der Waals surface area (Å²) in [6, 6.07) is 9.87. The molecular formula is C20H17F2N5O2S. The van der Waals surface area contributed by atoms with E-state index in [1.807, 2.05) is 24.5 Å². The number of thioether (sulfide) groups is 1. The van der Waals surface area contributed by atoms with Crippen LogP contribution < -0.4 is 4.74 Å². The number of aryl methyl sites for hydroxylation is 1. The lowest BCUT2D eigenvalue weighted by Crippen LogP contribution is -2.06. The number of Topliss-reactive ketones (excluding diaryl/α,β-unsaturated/α-hetero) is 1. The number of rotatable bonds is 7. The molecule has 0 saturated heterocycles. The Hall–Kier alpha value is -3.27. The molecule has 0 aliphatic carbocycles. The first-order chi connectivity index (χ1) is 14.4. The summed E-state index contributed by atoms with van der Waals surface area (Å²) in [5.74, 6) is 0.689. The van der Waals surface area contributed by atoms with Crippen LogP contribution in [0.15, 0.2) is 53.9 Å². The molecule has 0 fully saturated rings. The second-order valence-electron chi connectivity index (χ2n) is 6.46. The van der Waals surface area contributed by atoms with Crippen LogP contribution in [0.25, 0.3) is 11.5 Å². The minimum atomic E-state index is -2.87. The van der Waals surface area contributed by atoms with Gasteiger partial charge in [-0.15, -0.1) is 5.10 Å². The van der Waals surface area contributed by atoms with Crippen LogP contribution in [-0.4, -0.2) is 42.3 Å². The third-order valence-corrected chi connectivity index (χ3v) is 5.32. The summed E-state index contributed by atoms with van der Waals surface area (Å²) in [7, 11) is 0.